The summed E-state index contributed by atoms with van der Waals surface area (Å²) in [6.07, 6.45) is 0. The fraction of sp³-hybridized carbons (Fsp3) is 0.0698. The fourth-order valence-corrected chi connectivity index (χ4v) is 7.66. The zero-order valence-electron chi connectivity index (χ0n) is 25.9. The first-order chi connectivity index (χ1) is 23.1. The Morgan fingerprint density at radius 2 is 1.19 bits per heavy atom. The maximum Gasteiger partial charge on any atom is 0.180 e. The molecular weight excluding hydrogens is 576 g/mol. The lowest BCUT2D eigenvalue weighted by Gasteiger charge is -2.22. The predicted molar refractivity (Wildman–Crippen MR) is 190 cm³/mol. The van der Waals surface area contributed by atoms with E-state index in [2.05, 4.69) is 105 Å². The van der Waals surface area contributed by atoms with Crippen LogP contribution in [-0.2, 0) is 5.41 Å². The molecular formula is C43H28N2O2. The minimum absolute atomic E-state index is 0.177. The van der Waals surface area contributed by atoms with Crippen molar-refractivity contribution >= 4 is 44.0 Å². The van der Waals surface area contributed by atoms with Crippen LogP contribution in [0.15, 0.2) is 142 Å². The van der Waals surface area contributed by atoms with E-state index in [1.165, 1.54) is 27.8 Å². The van der Waals surface area contributed by atoms with Gasteiger partial charge in [-0.3, -0.25) is 0 Å². The van der Waals surface area contributed by atoms with Gasteiger partial charge in [-0.25, -0.2) is 9.97 Å². The molecule has 0 fully saturated rings. The first kappa shape index (κ1) is 26.2. The molecule has 4 nitrogen and oxygen atoms in total. The maximum atomic E-state index is 6.57. The van der Waals surface area contributed by atoms with Gasteiger partial charge < -0.3 is 8.83 Å². The monoisotopic (exact) mass is 604 g/mol. The molecule has 10 rings (SSSR count). The number of para-hydroxylation sites is 2. The molecule has 0 spiro atoms. The van der Waals surface area contributed by atoms with Crippen LogP contribution in [0.5, 0.6) is 0 Å². The van der Waals surface area contributed by atoms with Crippen molar-refractivity contribution in [1.29, 1.82) is 0 Å². The third-order valence-corrected chi connectivity index (χ3v) is 9.89. The topological polar surface area (TPSA) is 52.1 Å². The molecule has 0 aliphatic heterocycles. The minimum Gasteiger partial charge on any atom is -0.456 e. The Morgan fingerprint density at radius 3 is 2.04 bits per heavy atom. The highest BCUT2D eigenvalue weighted by Crippen LogP contribution is 2.55. The van der Waals surface area contributed by atoms with Gasteiger partial charge in [0.15, 0.2) is 11.4 Å². The Labute approximate surface area is 271 Å². The number of hydrogen-bond donors (Lipinski definition) is 0. The summed E-state index contributed by atoms with van der Waals surface area (Å²) in [6.45, 7) is 4.63. The molecule has 47 heavy (non-hydrogen) atoms. The summed E-state index contributed by atoms with van der Waals surface area (Å²) in [5.74, 6) is 0.671. The molecule has 222 valence electrons. The Balaban J connectivity index is 1.30. The highest BCUT2D eigenvalue weighted by molar-refractivity contribution is 6.18. The van der Waals surface area contributed by atoms with E-state index in [-0.39, 0.29) is 5.41 Å². The highest BCUT2D eigenvalue weighted by atomic mass is 16.3. The van der Waals surface area contributed by atoms with Crippen molar-refractivity contribution in [2.75, 3.05) is 0 Å². The van der Waals surface area contributed by atoms with E-state index in [9.17, 15) is 0 Å². The number of fused-ring (bicyclic) bond motifs is 9. The molecule has 0 saturated carbocycles. The van der Waals surface area contributed by atoms with Crippen LogP contribution in [0.3, 0.4) is 0 Å². The molecule has 3 heterocycles. The second-order valence-corrected chi connectivity index (χ2v) is 12.9. The lowest BCUT2D eigenvalue weighted by Crippen LogP contribution is -2.14. The normalized spacial score (nSPS) is 13.5. The van der Waals surface area contributed by atoms with E-state index in [0.29, 0.717) is 11.4 Å². The smallest absolute Gasteiger partial charge is 0.180 e. The summed E-state index contributed by atoms with van der Waals surface area (Å²) < 4.78 is 13.1. The summed E-state index contributed by atoms with van der Waals surface area (Å²) in [4.78, 5) is 10.2. The van der Waals surface area contributed by atoms with Crippen LogP contribution < -0.4 is 0 Å². The van der Waals surface area contributed by atoms with Gasteiger partial charge in [-0.15, -0.1) is 0 Å². The molecule has 0 saturated heterocycles. The molecule has 9 aromatic rings. The van der Waals surface area contributed by atoms with E-state index in [1.807, 2.05) is 42.5 Å². The number of aromatic nitrogens is 2. The Hall–Kier alpha value is -6.00. The molecule has 6 aromatic carbocycles. The van der Waals surface area contributed by atoms with Gasteiger partial charge in [-0.2, -0.15) is 0 Å². The quantitative estimate of drug-likeness (QED) is 0.201. The molecule has 0 radical (unpaired) electrons. The van der Waals surface area contributed by atoms with E-state index >= 15 is 0 Å². The van der Waals surface area contributed by atoms with Gasteiger partial charge in [0.05, 0.1) is 0 Å². The van der Waals surface area contributed by atoms with Gasteiger partial charge in [0.1, 0.15) is 28.0 Å². The number of hydrogen-bond acceptors (Lipinski definition) is 4. The highest BCUT2D eigenvalue weighted by Gasteiger charge is 2.38. The van der Waals surface area contributed by atoms with Crippen molar-refractivity contribution < 1.29 is 8.83 Å². The number of rotatable bonds is 3. The second-order valence-electron chi connectivity index (χ2n) is 12.9. The first-order valence-electron chi connectivity index (χ1n) is 16.0. The SMILES string of the molecule is CC1(C)c2ccccc2-c2c1cc1oc3ccccc3c1c2-c1cccc(-c2nc(-c3ccccc3)nc3c2oc2ccccc23)c1. The summed E-state index contributed by atoms with van der Waals surface area (Å²) >= 11 is 0. The molecule has 3 aromatic heterocycles. The van der Waals surface area contributed by atoms with Crippen LogP contribution in [0, 0.1) is 0 Å². The van der Waals surface area contributed by atoms with Gasteiger partial charge in [-0.05, 0) is 58.1 Å². The van der Waals surface area contributed by atoms with Crippen LogP contribution in [0.4, 0.5) is 0 Å². The van der Waals surface area contributed by atoms with Crippen molar-refractivity contribution in [2.24, 2.45) is 0 Å². The van der Waals surface area contributed by atoms with Crippen LogP contribution >= 0.6 is 0 Å². The van der Waals surface area contributed by atoms with Crippen molar-refractivity contribution in [1.82, 2.24) is 9.97 Å². The molecule has 0 unspecified atom stereocenters. The summed E-state index contributed by atoms with van der Waals surface area (Å²) in [5.41, 5.74) is 14.0. The molecule has 1 aliphatic carbocycles. The molecule has 0 bridgehead atoms. The second kappa shape index (κ2) is 9.51. The van der Waals surface area contributed by atoms with E-state index in [1.54, 1.807) is 0 Å². The zero-order valence-corrected chi connectivity index (χ0v) is 25.9. The van der Waals surface area contributed by atoms with Crippen molar-refractivity contribution in [3.8, 4) is 44.9 Å². The van der Waals surface area contributed by atoms with E-state index in [0.717, 1.165) is 60.8 Å². The average molecular weight is 605 g/mol. The van der Waals surface area contributed by atoms with Gasteiger partial charge in [-0.1, -0.05) is 117 Å². The van der Waals surface area contributed by atoms with E-state index < -0.39 is 0 Å². The van der Waals surface area contributed by atoms with Gasteiger partial charge >= 0.3 is 0 Å². The van der Waals surface area contributed by atoms with Gasteiger partial charge in [0.2, 0.25) is 0 Å². The van der Waals surface area contributed by atoms with Crippen molar-refractivity contribution in [3.05, 3.63) is 145 Å². The Kier molecular flexibility index (Phi) is 5.31. The van der Waals surface area contributed by atoms with Crippen molar-refractivity contribution in [3.63, 3.8) is 0 Å². The van der Waals surface area contributed by atoms with Crippen LogP contribution in [0.1, 0.15) is 25.0 Å². The number of furan rings is 2. The fourth-order valence-electron chi connectivity index (χ4n) is 7.66. The lowest BCUT2D eigenvalue weighted by molar-refractivity contribution is 0.647. The molecule has 0 amide bonds. The van der Waals surface area contributed by atoms with Crippen LogP contribution in [-0.4, -0.2) is 9.97 Å². The third-order valence-electron chi connectivity index (χ3n) is 9.89. The van der Waals surface area contributed by atoms with Gasteiger partial charge in [0.25, 0.3) is 0 Å². The van der Waals surface area contributed by atoms with Crippen LogP contribution in [0.25, 0.3) is 88.9 Å². The Morgan fingerprint density at radius 1 is 0.511 bits per heavy atom. The maximum absolute atomic E-state index is 6.57. The van der Waals surface area contributed by atoms with Crippen molar-refractivity contribution in [2.45, 2.75) is 19.3 Å². The molecule has 0 N–H and O–H groups in total. The number of benzene rings is 6. The van der Waals surface area contributed by atoms with Crippen LogP contribution in [0.2, 0.25) is 0 Å². The average Bonchev–Trinajstić information content (AvgIpc) is 3.75. The summed E-state index contributed by atoms with van der Waals surface area (Å²) in [6, 6.07) is 46.4. The van der Waals surface area contributed by atoms with E-state index in [4.69, 9.17) is 18.8 Å². The summed E-state index contributed by atoms with van der Waals surface area (Å²) in [7, 11) is 0. The standard InChI is InChI=1S/C43H28N2O2/c1-43(2)31-20-9-6-17-28(31)37-32(43)24-35-38(29-18-7-10-21-33(29)46-35)36(37)26-15-12-16-27(23-26)39-41-40(30-19-8-11-22-34(30)47-41)45-42(44-39)25-13-4-3-5-14-25/h3-24H,1-2H3. The predicted octanol–water partition coefficient (Wildman–Crippen LogP) is 11.6. The lowest BCUT2D eigenvalue weighted by atomic mass is 9.81. The van der Waals surface area contributed by atoms with Gasteiger partial charge in [0, 0.05) is 38.3 Å². The zero-order chi connectivity index (χ0) is 31.3. The summed E-state index contributed by atoms with van der Waals surface area (Å²) in [5, 5.41) is 3.22. The largest absolute Gasteiger partial charge is 0.456 e. The Bertz CT molecular complexity index is 2710. The minimum atomic E-state index is -0.177. The third kappa shape index (κ3) is 3.70. The molecule has 0 atom stereocenters. The number of nitrogens with zero attached hydrogens (tertiary/aromatic N) is 2. The molecule has 1 aliphatic rings. The first-order valence-corrected chi connectivity index (χ1v) is 16.0. The molecule has 4 heteroatoms.